The first-order valence-corrected chi connectivity index (χ1v) is 9.59. The number of carbonyl (C=O) groups is 2. The molecular weight excluding hydrogens is 332 g/mol. The van der Waals surface area contributed by atoms with Gasteiger partial charge in [0, 0.05) is 31.0 Å². The maximum atomic E-state index is 12.9. The highest BCUT2D eigenvalue weighted by molar-refractivity contribution is 5.81. The molecule has 0 saturated carbocycles. The molecule has 5 unspecified atom stereocenters. The third kappa shape index (κ3) is 3.58. The molecule has 2 bridgehead atoms. The van der Waals surface area contributed by atoms with Gasteiger partial charge < -0.3 is 15.0 Å². The Morgan fingerprint density at radius 2 is 2.04 bits per heavy atom. The van der Waals surface area contributed by atoms with Crippen LogP contribution in [0.1, 0.15) is 44.6 Å². The monoisotopic (exact) mass is 358 g/mol. The van der Waals surface area contributed by atoms with E-state index in [0.717, 1.165) is 37.7 Å². The predicted octanol–water partition coefficient (Wildman–Crippen LogP) is 1.08. The number of ether oxygens (including phenoxy) is 1. The summed E-state index contributed by atoms with van der Waals surface area (Å²) in [5.74, 6) is 0.273. The van der Waals surface area contributed by atoms with Crippen LogP contribution in [0.15, 0.2) is 18.7 Å². The summed E-state index contributed by atoms with van der Waals surface area (Å²) in [5, 5.41) is 3.10. The van der Waals surface area contributed by atoms with Gasteiger partial charge in [-0.05, 0) is 44.6 Å². The molecule has 7 heteroatoms. The molecule has 5 atom stereocenters. The Labute approximate surface area is 153 Å². The molecule has 0 aliphatic carbocycles. The van der Waals surface area contributed by atoms with Crippen LogP contribution in [0.3, 0.4) is 0 Å². The molecule has 4 heterocycles. The summed E-state index contributed by atoms with van der Waals surface area (Å²) in [4.78, 5) is 35.0. The summed E-state index contributed by atoms with van der Waals surface area (Å²) in [6.45, 7) is 2.78. The summed E-state index contributed by atoms with van der Waals surface area (Å²) < 4.78 is 5.85. The fraction of sp³-hybridized carbons (Fsp3) is 0.684. The topological polar surface area (TPSA) is 84.4 Å². The van der Waals surface area contributed by atoms with Crippen LogP contribution in [0.5, 0.6) is 0 Å². The minimum atomic E-state index is -0.0155. The van der Waals surface area contributed by atoms with Crippen molar-refractivity contribution in [3.63, 3.8) is 0 Å². The third-order valence-corrected chi connectivity index (χ3v) is 5.93. The van der Waals surface area contributed by atoms with Crippen molar-refractivity contribution in [2.45, 2.75) is 69.7 Å². The van der Waals surface area contributed by atoms with Gasteiger partial charge in [0.25, 0.3) is 0 Å². The number of likely N-dealkylation sites (tertiary alicyclic amines) is 1. The van der Waals surface area contributed by atoms with Crippen molar-refractivity contribution in [1.29, 1.82) is 0 Å². The van der Waals surface area contributed by atoms with Gasteiger partial charge in [-0.3, -0.25) is 9.59 Å². The highest BCUT2D eigenvalue weighted by Crippen LogP contribution is 2.40. The molecule has 0 radical (unpaired) electrons. The summed E-state index contributed by atoms with van der Waals surface area (Å²) in [6.07, 6.45) is 10.1. The third-order valence-electron chi connectivity index (χ3n) is 5.93. The van der Waals surface area contributed by atoms with E-state index >= 15 is 0 Å². The van der Waals surface area contributed by atoms with Gasteiger partial charge in [-0.2, -0.15) is 0 Å². The van der Waals surface area contributed by atoms with E-state index in [9.17, 15) is 9.59 Å². The first-order valence-electron chi connectivity index (χ1n) is 9.59. The van der Waals surface area contributed by atoms with Gasteiger partial charge >= 0.3 is 0 Å². The zero-order valence-corrected chi connectivity index (χ0v) is 15.1. The summed E-state index contributed by atoms with van der Waals surface area (Å²) in [6, 6.07) is 0.253. The molecule has 4 rings (SSSR count). The van der Waals surface area contributed by atoms with Crippen molar-refractivity contribution < 1.29 is 14.3 Å². The van der Waals surface area contributed by atoms with E-state index in [-0.39, 0.29) is 42.3 Å². The van der Waals surface area contributed by atoms with Gasteiger partial charge in [0.1, 0.15) is 6.33 Å². The van der Waals surface area contributed by atoms with Crippen LogP contribution in [-0.4, -0.2) is 57.5 Å². The van der Waals surface area contributed by atoms with Crippen molar-refractivity contribution in [1.82, 2.24) is 20.2 Å². The fourth-order valence-corrected chi connectivity index (χ4v) is 4.63. The quantitative estimate of drug-likeness (QED) is 0.871. The Morgan fingerprint density at radius 3 is 2.69 bits per heavy atom. The van der Waals surface area contributed by atoms with E-state index in [2.05, 4.69) is 22.2 Å². The van der Waals surface area contributed by atoms with Gasteiger partial charge in [0.2, 0.25) is 11.8 Å². The Hall–Kier alpha value is -2.02. The number of hydrogen-bond acceptors (Lipinski definition) is 5. The summed E-state index contributed by atoms with van der Waals surface area (Å²) in [7, 11) is 0. The van der Waals surface area contributed by atoms with E-state index in [1.807, 2.05) is 4.90 Å². The molecule has 1 aromatic heterocycles. The Kier molecular flexibility index (Phi) is 4.89. The lowest BCUT2D eigenvalue weighted by Gasteiger charge is -2.40. The second-order valence-corrected chi connectivity index (χ2v) is 7.81. The number of amides is 2. The summed E-state index contributed by atoms with van der Waals surface area (Å²) in [5.41, 5.74) is 0.807. The second kappa shape index (κ2) is 7.31. The molecule has 7 nitrogen and oxygen atoms in total. The van der Waals surface area contributed by atoms with Crippen LogP contribution in [0, 0.1) is 5.92 Å². The summed E-state index contributed by atoms with van der Waals surface area (Å²) >= 11 is 0. The zero-order chi connectivity index (χ0) is 18.1. The lowest BCUT2D eigenvalue weighted by molar-refractivity contribution is -0.141. The van der Waals surface area contributed by atoms with Crippen LogP contribution in [-0.2, 0) is 20.7 Å². The van der Waals surface area contributed by atoms with Gasteiger partial charge in [0.05, 0.1) is 24.5 Å². The van der Waals surface area contributed by atoms with Crippen LogP contribution >= 0.6 is 0 Å². The van der Waals surface area contributed by atoms with Crippen LogP contribution < -0.4 is 5.32 Å². The first-order chi connectivity index (χ1) is 12.6. The number of hydrogen-bond donors (Lipinski definition) is 1. The number of carbonyl (C=O) groups excluding carboxylic acids is 2. The van der Waals surface area contributed by atoms with Crippen LogP contribution in [0.4, 0.5) is 0 Å². The molecule has 3 fully saturated rings. The molecule has 140 valence electrons. The van der Waals surface area contributed by atoms with Gasteiger partial charge in [-0.15, -0.1) is 0 Å². The highest BCUT2D eigenvalue weighted by Gasteiger charge is 2.46. The molecule has 3 saturated heterocycles. The Morgan fingerprint density at radius 1 is 1.23 bits per heavy atom. The average Bonchev–Trinajstić information content (AvgIpc) is 3.25. The largest absolute Gasteiger partial charge is 0.374 e. The SMILES string of the molecule is CC1CC(NC(=O)Cc2cncnc2)CCN1C(=O)C1CC2CCC1O2. The molecule has 1 aromatic rings. The lowest BCUT2D eigenvalue weighted by atomic mass is 9.86. The maximum absolute atomic E-state index is 12.9. The molecule has 3 aliphatic heterocycles. The normalized spacial score (nSPS) is 33.3. The lowest BCUT2D eigenvalue weighted by Crippen LogP contribution is -2.53. The minimum Gasteiger partial charge on any atom is -0.374 e. The Bertz CT molecular complexity index is 668. The second-order valence-electron chi connectivity index (χ2n) is 7.81. The molecule has 0 spiro atoms. The van der Waals surface area contributed by atoms with Crippen LogP contribution in [0.2, 0.25) is 0 Å². The van der Waals surface area contributed by atoms with E-state index in [1.54, 1.807) is 12.4 Å². The molecule has 2 amide bonds. The van der Waals surface area contributed by atoms with Gasteiger partial charge in [0.15, 0.2) is 0 Å². The number of piperidine rings is 1. The fourth-order valence-electron chi connectivity index (χ4n) is 4.63. The number of aromatic nitrogens is 2. The van der Waals surface area contributed by atoms with Crippen molar-refractivity contribution in [3.05, 3.63) is 24.3 Å². The maximum Gasteiger partial charge on any atom is 0.228 e. The molecule has 26 heavy (non-hydrogen) atoms. The van der Waals surface area contributed by atoms with Crippen LogP contribution in [0.25, 0.3) is 0 Å². The number of rotatable bonds is 4. The molecule has 1 N–H and O–H groups in total. The Balaban J connectivity index is 1.28. The molecule has 3 aliphatic rings. The van der Waals surface area contributed by atoms with E-state index in [1.165, 1.54) is 6.33 Å². The smallest absolute Gasteiger partial charge is 0.228 e. The number of nitrogens with one attached hydrogen (secondary N) is 1. The van der Waals surface area contributed by atoms with Crippen molar-refractivity contribution in [2.75, 3.05) is 6.54 Å². The van der Waals surface area contributed by atoms with E-state index in [0.29, 0.717) is 12.6 Å². The number of nitrogens with zero attached hydrogens (tertiary/aromatic N) is 3. The van der Waals surface area contributed by atoms with E-state index in [4.69, 9.17) is 4.74 Å². The van der Waals surface area contributed by atoms with E-state index < -0.39 is 0 Å². The number of fused-ring (bicyclic) bond motifs is 2. The predicted molar refractivity (Wildman–Crippen MR) is 94.1 cm³/mol. The van der Waals surface area contributed by atoms with Crippen molar-refractivity contribution in [2.24, 2.45) is 5.92 Å². The van der Waals surface area contributed by atoms with Crippen molar-refractivity contribution in [3.8, 4) is 0 Å². The average molecular weight is 358 g/mol. The standard InChI is InChI=1S/C19H26N4O3/c1-12-6-14(22-18(24)7-13-9-20-11-21-10-13)4-5-23(12)19(25)16-8-15-2-3-17(16)26-15/h9-12,14-17H,2-8H2,1H3,(H,22,24). The highest BCUT2D eigenvalue weighted by atomic mass is 16.5. The first kappa shape index (κ1) is 17.4. The molecule has 0 aromatic carbocycles. The van der Waals surface area contributed by atoms with Gasteiger partial charge in [-0.25, -0.2) is 9.97 Å². The molecular formula is C19H26N4O3. The zero-order valence-electron chi connectivity index (χ0n) is 15.1. The van der Waals surface area contributed by atoms with Crippen molar-refractivity contribution >= 4 is 11.8 Å². The van der Waals surface area contributed by atoms with Gasteiger partial charge in [-0.1, -0.05) is 0 Å². The minimum absolute atomic E-state index is 0.0155.